The molecule has 2 N–H and O–H groups in total. The molecule has 2 nitrogen and oxygen atoms in total. The lowest BCUT2D eigenvalue weighted by Gasteiger charge is -2.34. The van der Waals surface area contributed by atoms with Crippen LogP contribution < -0.4 is 0 Å². The summed E-state index contributed by atoms with van der Waals surface area (Å²) >= 11 is 0. The smallest absolute Gasteiger partial charge is 0.123 e. The van der Waals surface area contributed by atoms with Crippen LogP contribution in [-0.2, 0) is 0 Å². The third-order valence-corrected chi connectivity index (χ3v) is 4.34. The Labute approximate surface area is 115 Å². The number of aromatic hydroxyl groups is 2. The minimum absolute atomic E-state index is 0.136. The van der Waals surface area contributed by atoms with Crippen molar-refractivity contribution in [3.8, 4) is 11.5 Å². The minimum atomic E-state index is 0.136. The van der Waals surface area contributed by atoms with E-state index in [0.29, 0.717) is 11.8 Å². The zero-order valence-electron chi connectivity index (χ0n) is 12.3. The number of hydrogen-bond donors (Lipinski definition) is 2. The van der Waals surface area contributed by atoms with Crippen LogP contribution in [0.4, 0.5) is 0 Å². The summed E-state index contributed by atoms with van der Waals surface area (Å²) in [5.74, 6) is 1.75. The van der Waals surface area contributed by atoms with Crippen molar-refractivity contribution >= 4 is 0 Å². The van der Waals surface area contributed by atoms with Crippen LogP contribution >= 0.6 is 0 Å². The second kappa shape index (κ2) is 5.28. The molecular weight excluding hydrogens is 236 g/mol. The van der Waals surface area contributed by atoms with Gasteiger partial charge < -0.3 is 10.2 Å². The van der Waals surface area contributed by atoms with Crippen LogP contribution in [0.1, 0.15) is 50.7 Å². The number of hydrogen-bond acceptors (Lipinski definition) is 2. The molecule has 2 rings (SSSR count). The Morgan fingerprint density at radius 2 is 1.84 bits per heavy atom. The highest BCUT2D eigenvalue weighted by molar-refractivity contribution is 5.49. The molecule has 0 spiro atoms. The SMILES string of the molecule is CC1=C[C@@H](c2c(C)cc(O)cc2O)[C@H](C(C)C)CC1. The van der Waals surface area contributed by atoms with E-state index < -0.39 is 0 Å². The second-order valence-corrected chi connectivity index (χ2v) is 6.18. The topological polar surface area (TPSA) is 40.5 Å². The molecule has 0 saturated heterocycles. The fourth-order valence-corrected chi connectivity index (χ4v) is 3.33. The number of rotatable bonds is 2. The Morgan fingerprint density at radius 1 is 1.16 bits per heavy atom. The maximum absolute atomic E-state index is 10.2. The number of allylic oxidation sites excluding steroid dienone is 2. The second-order valence-electron chi connectivity index (χ2n) is 6.18. The quantitative estimate of drug-likeness (QED) is 0.768. The van der Waals surface area contributed by atoms with Crippen molar-refractivity contribution in [2.75, 3.05) is 0 Å². The molecular formula is C17H24O2. The van der Waals surface area contributed by atoms with Crippen molar-refractivity contribution < 1.29 is 10.2 Å². The van der Waals surface area contributed by atoms with Gasteiger partial charge in [0.25, 0.3) is 0 Å². The van der Waals surface area contributed by atoms with Gasteiger partial charge in [-0.3, -0.25) is 0 Å². The number of phenols is 2. The first-order valence-electron chi connectivity index (χ1n) is 7.10. The van der Waals surface area contributed by atoms with Crippen LogP contribution in [0.25, 0.3) is 0 Å². The molecule has 0 heterocycles. The molecule has 1 aromatic carbocycles. The normalized spacial score (nSPS) is 23.5. The number of aryl methyl sites for hydroxylation is 1. The van der Waals surface area contributed by atoms with Gasteiger partial charge >= 0.3 is 0 Å². The number of benzene rings is 1. The van der Waals surface area contributed by atoms with Crippen molar-refractivity contribution in [1.29, 1.82) is 0 Å². The van der Waals surface area contributed by atoms with E-state index in [2.05, 4.69) is 26.8 Å². The summed E-state index contributed by atoms with van der Waals surface area (Å²) in [7, 11) is 0. The zero-order chi connectivity index (χ0) is 14.2. The number of phenolic OH excluding ortho intramolecular Hbond substituents is 2. The summed E-state index contributed by atoms with van der Waals surface area (Å²) < 4.78 is 0. The Kier molecular flexibility index (Phi) is 3.88. The standard InChI is InChI=1S/C17H24O2/c1-10(2)14-6-5-11(3)7-15(14)17-12(4)8-13(18)9-16(17)19/h7-10,14-15,18-19H,5-6H2,1-4H3/t14-,15+/m0/s1. The van der Waals surface area contributed by atoms with Gasteiger partial charge in [0.2, 0.25) is 0 Å². The van der Waals surface area contributed by atoms with Crippen molar-refractivity contribution in [1.82, 2.24) is 0 Å². The summed E-state index contributed by atoms with van der Waals surface area (Å²) in [6.45, 7) is 8.62. The zero-order valence-corrected chi connectivity index (χ0v) is 12.3. The van der Waals surface area contributed by atoms with E-state index in [1.165, 1.54) is 18.1 Å². The molecule has 1 aliphatic rings. The molecule has 1 aromatic rings. The third-order valence-electron chi connectivity index (χ3n) is 4.34. The predicted molar refractivity (Wildman–Crippen MR) is 78.6 cm³/mol. The molecule has 2 heteroatoms. The maximum Gasteiger partial charge on any atom is 0.123 e. The molecule has 0 fully saturated rings. The van der Waals surface area contributed by atoms with E-state index >= 15 is 0 Å². The molecule has 1 aliphatic carbocycles. The summed E-state index contributed by atoms with van der Waals surface area (Å²) in [5.41, 5.74) is 3.35. The Morgan fingerprint density at radius 3 is 2.42 bits per heavy atom. The molecule has 104 valence electrons. The van der Waals surface area contributed by atoms with Gasteiger partial charge in [-0.15, -0.1) is 0 Å². The monoisotopic (exact) mass is 260 g/mol. The van der Waals surface area contributed by atoms with Gasteiger partial charge in [0, 0.05) is 17.5 Å². The van der Waals surface area contributed by atoms with Crippen molar-refractivity contribution in [3.05, 3.63) is 34.9 Å². The van der Waals surface area contributed by atoms with Gasteiger partial charge in [-0.05, 0) is 50.2 Å². The van der Waals surface area contributed by atoms with Crippen LogP contribution in [-0.4, -0.2) is 10.2 Å². The van der Waals surface area contributed by atoms with Gasteiger partial charge in [0.15, 0.2) is 0 Å². The molecule has 0 saturated carbocycles. The van der Waals surface area contributed by atoms with E-state index in [-0.39, 0.29) is 17.4 Å². The fourth-order valence-electron chi connectivity index (χ4n) is 3.33. The van der Waals surface area contributed by atoms with Gasteiger partial charge in [-0.25, -0.2) is 0 Å². The average Bonchev–Trinajstić information content (AvgIpc) is 2.27. The Hall–Kier alpha value is -1.44. The van der Waals surface area contributed by atoms with Gasteiger partial charge in [-0.1, -0.05) is 25.5 Å². The first-order valence-corrected chi connectivity index (χ1v) is 7.10. The van der Waals surface area contributed by atoms with Crippen LogP contribution in [0.3, 0.4) is 0 Å². The molecule has 0 aliphatic heterocycles. The van der Waals surface area contributed by atoms with Crippen LogP contribution in [0.2, 0.25) is 0 Å². The van der Waals surface area contributed by atoms with Crippen molar-refractivity contribution in [2.45, 2.75) is 46.5 Å². The maximum atomic E-state index is 10.2. The summed E-state index contributed by atoms with van der Waals surface area (Å²) in [6, 6.07) is 3.20. The van der Waals surface area contributed by atoms with Crippen molar-refractivity contribution in [3.63, 3.8) is 0 Å². The van der Waals surface area contributed by atoms with E-state index in [4.69, 9.17) is 0 Å². The van der Waals surface area contributed by atoms with Crippen molar-refractivity contribution in [2.24, 2.45) is 11.8 Å². The predicted octanol–water partition coefficient (Wildman–Crippen LogP) is 4.50. The van der Waals surface area contributed by atoms with Crippen LogP contribution in [0.5, 0.6) is 11.5 Å². The molecule has 0 amide bonds. The van der Waals surface area contributed by atoms with Crippen LogP contribution in [0.15, 0.2) is 23.8 Å². The minimum Gasteiger partial charge on any atom is -0.508 e. The molecule has 19 heavy (non-hydrogen) atoms. The van der Waals surface area contributed by atoms with E-state index in [9.17, 15) is 10.2 Å². The highest BCUT2D eigenvalue weighted by Crippen LogP contribution is 2.45. The summed E-state index contributed by atoms with van der Waals surface area (Å²) in [4.78, 5) is 0. The first-order chi connectivity index (χ1) is 8.90. The average molecular weight is 260 g/mol. The van der Waals surface area contributed by atoms with E-state index in [1.807, 2.05) is 6.92 Å². The lowest BCUT2D eigenvalue weighted by atomic mass is 9.71. The molecule has 0 aromatic heterocycles. The first kappa shape index (κ1) is 14.0. The van der Waals surface area contributed by atoms with Gasteiger partial charge in [0.05, 0.1) is 0 Å². The highest BCUT2D eigenvalue weighted by atomic mass is 16.3. The van der Waals surface area contributed by atoms with Gasteiger partial charge in [0.1, 0.15) is 11.5 Å². The lowest BCUT2D eigenvalue weighted by molar-refractivity contribution is 0.309. The van der Waals surface area contributed by atoms with E-state index in [0.717, 1.165) is 17.5 Å². The van der Waals surface area contributed by atoms with Gasteiger partial charge in [-0.2, -0.15) is 0 Å². The largest absolute Gasteiger partial charge is 0.508 e. The fraction of sp³-hybridized carbons (Fsp3) is 0.529. The third kappa shape index (κ3) is 2.78. The summed E-state index contributed by atoms with van der Waals surface area (Å²) in [6.07, 6.45) is 4.62. The Bertz CT molecular complexity index is 477. The van der Waals surface area contributed by atoms with E-state index in [1.54, 1.807) is 6.07 Å². The Balaban J connectivity index is 2.51. The highest BCUT2D eigenvalue weighted by Gasteiger charge is 2.30. The molecule has 0 radical (unpaired) electrons. The molecule has 2 atom stereocenters. The van der Waals surface area contributed by atoms with Crippen LogP contribution in [0, 0.1) is 18.8 Å². The molecule has 0 unspecified atom stereocenters. The molecule has 0 bridgehead atoms. The lowest BCUT2D eigenvalue weighted by Crippen LogP contribution is -2.21. The summed E-state index contributed by atoms with van der Waals surface area (Å²) in [5, 5.41) is 19.8.